The highest BCUT2D eigenvalue weighted by molar-refractivity contribution is 8.00. The molecule has 2 nitrogen and oxygen atoms in total. The number of hydrogen-bond acceptors (Lipinski definition) is 3. The van der Waals surface area contributed by atoms with Gasteiger partial charge in [0, 0.05) is 4.90 Å². The lowest BCUT2D eigenvalue weighted by atomic mass is 10.3. The number of rotatable bonds is 4. The molecular formula is C10H7Cl5O2S. The summed E-state index contributed by atoms with van der Waals surface area (Å²) < 4.78 is 4.79. The molecule has 1 aromatic rings. The fourth-order valence-corrected chi connectivity index (χ4v) is 3.43. The first-order valence-electron chi connectivity index (χ1n) is 4.70. The van der Waals surface area contributed by atoms with Gasteiger partial charge in [-0.25, -0.2) is 0 Å². The van der Waals surface area contributed by atoms with E-state index >= 15 is 0 Å². The van der Waals surface area contributed by atoms with Crippen LogP contribution < -0.4 is 0 Å². The molecule has 100 valence electrons. The van der Waals surface area contributed by atoms with Crippen molar-refractivity contribution in [3.8, 4) is 0 Å². The SMILES string of the molecule is CCOC(=O)CSc1c(Cl)c(Cl)c(Cl)c(Cl)c1Cl. The summed E-state index contributed by atoms with van der Waals surface area (Å²) >= 11 is 30.7. The van der Waals surface area contributed by atoms with E-state index in [2.05, 4.69) is 0 Å². The van der Waals surface area contributed by atoms with E-state index in [0.717, 1.165) is 11.8 Å². The van der Waals surface area contributed by atoms with Crippen LogP contribution in [0.1, 0.15) is 6.92 Å². The van der Waals surface area contributed by atoms with E-state index in [9.17, 15) is 4.79 Å². The number of ether oxygens (including phenoxy) is 1. The fourth-order valence-electron chi connectivity index (χ4n) is 1.05. The van der Waals surface area contributed by atoms with E-state index in [1.54, 1.807) is 6.92 Å². The van der Waals surface area contributed by atoms with Crippen molar-refractivity contribution in [1.82, 2.24) is 0 Å². The first-order chi connectivity index (χ1) is 8.40. The van der Waals surface area contributed by atoms with Crippen LogP contribution in [0.2, 0.25) is 25.1 Å². The Balaban J connectivity index is 2.99. The molecule has 1 aromatic carbocycles. The van der Waals surface area contributed by atoms with E-state index in [1.165, 1.54) is 0 Å². The van der Waals surface area contributed by atoms with Gasteiger partial charge < -0.3 is 4.74 Å². The van der Waals surface area contributed by atoms with Crippen molar-refractivity contribution < 1.29 is 9.53 Å². The van der Waals surface area contributed by atoms with E-state index in [1.807, 2.05) is 0 Å². The summed E-state index contributed by atoms with van der Waals surface area (Å²) in [6.45, 7) is 2.03. The normalized spacial score (nSPS) is 10.6. The third-order valence-electron chi connectivity index (χ3n) is 1.81. The molecule has 0 aliphatic carbocycles. The minimum atomic E-state index is -0.378. The van der Waals surface area contributed by atoms with Gasteiger partial charge in [-0.2, -0.15) is 0 Å². The number of halogens is 5. The van der Waals surface area contributed by atoms with Gasteiger partial charge >= 0.3 is 5.97 Å². The largest absolute Gasteiger partial charge is 0.465 e. The maximum absolute atomic E-state index is 11.3. The monoisotopic (exact) mass is 366 g/mol. The van der Waals surface area contributed by atoms with Crippen molar-refractivity contribution in [2.45, 2.75) is 11.8 Å². The van der Waals surface area contributed by atoms with Gasteiger partial charge in [-0.3, -0.25) is 4.79 Å². The summed E-state index contributed by atoms with van der Waals surface area (Å²) in [4.78, 5) is 11.7. The predicted octanol–water partition coefficient (Wildman–Crippen LogP) is 5.61. The predicted molar refractivity (Wildman–Crippen MR) is 78.8 cm³/mol. The van der Waals surface area contributed by atoms with Gasteiger partial charge in [0.05, 0.1) is 37.5 Å². The molecule has 0 aromatic heterocycles. The molecule has 0 fully saturated rings. The molecule has 0 aliphatic rings. The molecule has 0 atom stereocenters. The number of carbonyl (C=O) groups excluding carboxylic acids is 1. The molecule has 0 heterocycles. The zero-order valence-electron chi connectivity index (χ0n) is 9.03. The Morgan fingerprint density at radius 3 is 1.89 bits per heavy atom. The smallest absolute Gasteiger partial charge is 0.316 e. The highest BCUT2D eigenvalue weighted by Gasteiger charge is 2.20. The topological polar surface area (TPSA) is 26.3 Å². The molecule has 1 rings (SSSR count). The van der Waals surface area contributed by atoms with Crippen molar-refractivity contribution in [2.75, 3.05) is 12.4 Å². The standard InChI is InChI=1S/C10H7Cl5O2S/c1-2-17-4(16)3-18-10-8(14)6(12)5(11)7(13)9(10)15/h2-3H2,1H3. The van der Waals surface area contributed by atoms with Gasteiger partial charge in [0.25, 0.3) is 0 Å². The summed E-state index contributed by atoms with van der Waals surface area (Å²) in [6.07, 6.45) is 0. The first kappa shape index (κ1) is 16.5. The molecule has 0 N–H and O–H groups in total. The summed E-state index contributed by atoms with van der Waals surface area (Å²) in [7, 11) is 0. The number of esters is 1. The number of benzene rings is 1. The summed E-state index contributed by atoms with van der Waals surface area (Å²) in [5, 5.41) is 0.655. The van der Waals surface area contributed by atoms with Gasteiger partial charge in [0.15, 0.2) is 0 Å². The minimum absolute atomic E-state index is 0.0571. The van der Waals surface area contributed by atoms with Crippen LogP contribution in [0.15, 0.2) is 4.90 Å². The van der Waals surface area contributed by atoms with Crippen LogP contribution >= 0.6 is 69.8 Å². The lowest BCUT2D eigenvalue weighted by Gasteiger charge is -2.11. The lowest BCUT2D eigenvalue weighted by molar-refractivity contribution is -0.139. The van der Waals surface area contributed by atoms with Crippen LogP contribution in [0.25, 0.3) is 0 Å². The zero-order valence-corrected chi connectivity index (χ0v) is 13.6. The number of thioether (sulfide) groups is 1. The van der Waals surface area contributed by atoms with Gasteiger partial charge in [-0.1, -0.05) is 58.0 Å². The molecule has 0 spiro atoms. The van der Waals surface area contributed by atoms with Gasteiger partial charge in [0.1, 0.15) is 0 Å². The summed E-state index contributed by atoms with van der Waals surface area (Å²) in [5.41, 5.74) is 0. The highest BCUT2D eigenvalue weighted by atomic mass is 35.5. The van der Waals surface area contributed by atoms with Crippen molar-refractivity contribution in [3.63, 3.8) is 0 Å². The summed E-state index contributed by atoms with van der Waals surface area (Å²) in [5.74, 6) is -0.321. The van der Waals surface area contributed by atoms with Gasteiger partial charge in [-0.05, 0) is 6.92 Å². The van der Waals surface area contributed by atoms with E-state index in [-0.39, 0.29) is 36.8 Å². The zero-order chi connectivity index (χ0) is 13.9. The molecule has 0 aliphatic heterocycles. The molecule has 18 heavy (non-hydrogen) atoms. The average Bonchev–Trinajstić information content (AvgIpc) is 2.34. The Hall–Kier alpha value is 0.490. The maximum atomic E-state index is 11.3. The Morgan fingerprint density at radius 1 is 1.00 bits per heavy atom. The fraction of sp³-hybridized carbons (Fsp3) is 0.300. The van der Waals surface area contributed by atoms with E-state index < -0.39 is 0 Å². The van der Waals surface area contributed by atoms with Crippen LogP contribution in [0.5, 0.6) is 0 Å². The second kappa shape index (κ2) is 7.32. The van der Waals surface area contributed by atoms with Crippen LogP contribution in [0.4, 0.5) is 0 Å². The Labute approximate surface area is 134 Å². The van der Waals surface area contributed by atoms with Crippen molar-refractivity contribution in [1.29, 1.82) is 0 Å². The first-order valence-corrected chi connectivity index (χ1v) is 7.57. The number of carbonyl (C=O) groups is 1. The molecule has 0 saturated carbocycles. The third-order valence-corrected chi connectivity index (χ3v) is 5.39. The quantitative estimate of drug-likeness (QED) is 0.299. The Morgan fingerprint density at radius 2 is 1.44 bits per heavy atom. The molecule has 0 radical (unpaired) electrons. The highest BCUT2D eigenvalue weighted by Crippen LogP contribution is 2.47. The van der Waals surface area contributed by atoms with Crippen molar-refractivity contribution in [2.24, 2.45) is 0 Å². The van der Waals surface area contributed by atoms with Crippen LogP contribution in [0.3, 0.4) is 0 Å². The molecule has 0 saturated heterocycles. The van der Waals surface area contributed by atoms with Crippen molar-refractivity contribution in [3.05, 3.63) is 25.1 Å². The Kier molecular flexibility index (Phi) is 6.73. The molecule has 0 amide bonds. The third kappa shape index (κ3) is 3.75. The van der Waals surface area contributed by atoms with Gasteiger partial charge in [-0.15, -0.1) is 11.8 Å². The number of hydrogen-bond donors (Lipinski definition) is 0. The molecule has 8 heteroatoms. The Bertz CT molecular complexity index is 449. The van der Waals surface area contributed by atoms with Crippen LogP contribution in [-0.4, -0.2) is 18.3 Å². The minimum Gasteiger partial charge on any atom is -0.465 e. The van der Waals surface area contributed by atoms with Crippen LogP contribution in [0, 0.1) is 0 Å². The second-order valence-corrected chi connectivity index (χ2v) is 5.87. The second-order valence-electron chi connectivity index (χ2n) is 2.99. The summed E-state index contributed by atoms with van der Waals surface area (Å²) in [6, 6.07) is 0. The molecule has 0 bridgehead atoms. The van der Waals surface area contributed by atoms with E-state index in [4.69, 9.17) is 62.7 Å². The lowest BCUT2D eigenvalue weighted by Crippen LogP contribution is -2.06. The molecule has 0 unspecified atom stereocenters. The van der Waals surface area contributed by atoms with Gasteiger partial charge in [0.2, 0.25) is 0 Å². The van der Waals surface area contributed by atoms with E-state index in [0.29, 0.717) is 11.5 Å². The van der Waals surface area contributed by atoms with Crippen molar-refractivity contribution >= 4 is 75.7 Å². The maximum Gasteiger partial charge on any atom is 0.316 e. The van der Waals surface area contributed by atoms with Crippen LogP contribution in [-0.2, 0) is 9.53 Å². The molecular weight excluding hydrogens is 361 g/mol. The average molecular weight is 368 g/mol.